The number of halogens is 4. The molecule has 1 N–H and O–H groups in total. The predicted octanol–water partition coefficient (Wildman–Crippen LogP) is 5.16. The molecule has 2 aromatic rings. The number of benzene rings is 2. The molecule has 0 radical (unpaired) electrons. The number of nitrogens with one attached hydrogen (secondary N) is 1. The lowest BCUT2D eigenvalue weighted by molar-refractivity contribution is -0.120. The lowest BCUT2D eigenvalue weighted by Crippen LogP contribution is -2.24. The summed E-state index contributed by atoms with van der Waals surface area (Å²) in [5, 5.41) is 4.79. The quantitative estimate of drug-likeness (QED) is 0.799. The normalized spacial score (nSPS) is 10.5. The van der Waals surface area contributed by atoms with Crippen LogP contribution in [0.3, 0.4) is 0 Å². The second-order valence-electron chi connectivity index (χ2n) is 4.44. The third kappa shape index (κ3) is 4.79. The van der Waals surface area contributed by atoms with Crippen molar-refractivity contribution in [2.24, 2.45) is 0 Å². The zero-order valence-corrected chi connectivity index (χ0v) is 13.8. The molecule has 0 aliphatic rings. The maximum Gasteiger partial charge on any atom is 0.224 e. The highest BCUT2D eigenvalue weighted by Crippen LogP contribution is 2.23. The first-order valence-corrected chi connectivity index (χ1v) is 7.61. The molecule has 0 spiro atoms. The topological polar surface area (TPSA) is 29.1 Å². The Kier molecular flexibility index (Phi) is 5.77. The minimum absolute atomic E-state index is 0.126. The molecule has 0 aliphatic heterocycles. The highest BCUT2D eigenvalue weighted by molar-refractivity contribution is 6.42. The minimum Gasteiger partial charge on any atom is -0.352 e. The lowest BCUT2D eigenvalue weighted by atomic mass is 10.1. The summed E-state index contributed by atoms with van der Waals surface area (Å²) in [6.45, 7) is 0.343. The van der Waals surface area contributed by atoms with E-state index in [2.05, 4.69) is 5.32 Å². The Balaban J connectivity index is 1.94. The summed E-state index contributed by atoms with van der Waals surface area (Å²) < 4.78 is 0. The van der Waals surface area contributed by atoms with Crippen LogP contribution in [0.2, 0.25) is 20.1 Å². The average Bonchev–Trinajstić information content (AvgIpc) is 2.42. The van der Waals surface area contributed by atoms with Gasteiger partial charge in [0.25, 0.3) is 0 Å². The molecule has 110 valence electrons. The fraction of sp³-hybridized carbons (Fsp3) is 0.133. The van der Waals surface area contributed by atoms with Gasteiger partial charge < -0.3 is 5.32 Å². The molecule has 0 aromatic heterocycles. The van der Waals surface area contributed by atoms with Crippen LogP contribution in [0.25, 0.3) is 0 Å². The van der Waals surface area contributed by atoms with Gasteiger partial charge in [0.2, 0.25) is 5.91 Å². The largest absolute Gasteiger partial charge is 0.352 e. The fourth-order valence-corrected chi connectivity index (χ4v) is 2.55. The van der Waals surface area contributed by atoms with E-state index < -0.39 is 0 Å². The Labute approximate surface area is 143 Å². The van der Waals surface area contributed by atoms with Crippen molar-refractivity contribution < 1.29 is 4.79 Å². The zero-order chi connectivity index (χ0) is 15.4. The first-order valence-electron chi connectivity index (χ1n) is 6.10. The van der Waals surface area contributed by atoms with E-state index in [4.69, 9.17) is 46.4 Å². The van der Waals surface area contributed by atoms with E-state index in [-0.39, 0.29) is 12.3 Å². The summed E-state index contributed by atoms with van der Waals surface area (Å²) in [6, 6.07) is 10.3. The number of hydrogen-bond acceptors (Lipinski definition) is 1. The number of carbonyl (C=O) groups excluding carboxylic acids is 1. The zero-order valence-electron chi connectivity index (χ0n) is 10.8. The molecule has 0 aliphatic carbocycles. The Morgan fingerprint density at radius 2 is 1.67 bits per heavy atom. The van der Waals surface area contributed by atoms with Crippen LogP contribution in [0.5, 0.6) is 0 Å². The van der Waals surface area contributed by atoms with Gasteiger partial charge in [-0.15, -0.1) is 0 Å². The van der Waals surface area contributed by atoms with Crippen LogP contribution < -0.4 is 5.32 Å². The van der Waals surface area contributed by atoms with Crippen LogP contribution >= 0.6 is 46.4 Å². The molecule has 2 rings (SSSR count). The van der Waals surface area contributed by atoms with Crippen LogP contribution in [0.1, 0.15) is 11.1 Å². The van der Waals surface area contributed by atoms with E-state index in [0.29, 0.717) is 26.6 Å². The molecule has 1 amide bonds. The van der Waals surface area contributed by atoms with Crippen molar-refractivity contribution in [3.63, 3.8) is 0 Å². The summed E-state index contributed by atoms with van der Waals surface area (Å²) in [5.41, 5.74) is 1.60. The molecular weight excluding hydrogens is 352 g/mol. The van der Waals surface area contributed by atoms with Gasteiger partial charge in [-0.25, -0.2) is 0 Å². The smallest absolute Gasteiger partial charge is 0.224 e. The van der Waals surface area contributed by atoms with Crippen molar-refractivity contribution >= 4 is 52.3 Å². The van der Waals surface area contributed by atoms with Crippen LogP contribution in [0.4, 0.5) is 0 Å². The lowest BCUT2D eigenvalue weighted by Gasteiger charge is -2.08. The third-order valence-corrected chi connectivity index (χ3v) is 4.17. The van der Waals surface area contributed by atoms with E-state index in [9.17, 15) is 4.79 Å². The van der Waals surface area contributed by atoms with E-state index in [1.165, 1.54) is 0 Å². The van der Waals surface area contributed by atoms with Gasteiger partial charge in [-0.1, -0.05) is 58.5 Å². The van der Waals surface area contributed by atoms with Crippen molar-refractivity contribution in [3.8, 4) is 0 Å². The van der Waals surface area contributed by atoms with Gasteiger partial charge in [-0.05, 0) is 35.4 Å². The minimum atomic E-state index is -0.126. The highest BCUT2D eigenvalue weighted by Gasteiger charge is 2.07. The monoisotopic (exact) mass is 361 g/mol. The summed E-state index contributed by atoms with van der Waals surface area (Å²) in [4.78, 5) is 11.9. The Bertz CT molecular complexity index is 673. The van der Waals surface area contributed by atoms with Crippen molar-refractivity contribution in [2.75, 3.05) is 0 Å². The first kappa shape index (κ1) is 16.4. The first-order chi connectivity index (χ1) is 9.95. The van der Waals surface area contributed by atoms with Gasteiger partial charge in [-0.3, -0.25) is 4.79 Å². The van der Waals surface area contributed by atoms with Gasteiger partial charge in [0, 0.05) is 16.6 Å². The average molecular weight is 363 g/mol. The molecule has 0 fully saturated rings. The molecule has 0 heterocycles. The van der Waals surface area contributed by atoms with Gasteiger partial charge in [0.05, 0.1) is 16.5 Å². The Hall–Kier alpha value is -0.930. The maximum atomic E-state index is 11.9. The molecule has 21 heavy (non-hydrogen) atoms. The predicted molar refractivity (Wildman–Crippen MR) is 88.5 cm³/mol. The van der Waals surface area contributed by atoms with Gasteiger partial charge in [0.15, 0.2) is 0 Å². The van der Waals surface area contributed by atoms with Crippen molar-refractivity contribution in [1.82, 2.24) is 5.32 Å². The molecule has 0 saturated carbocycles. The van der Waals surface area contributed by atoms with Crippen LogP contribution in [0.15, 0.2) is 36.4 Å². The van der Waals surface area contributed by atoms with Crippen LogP contribution in [-0.2, 0) is 17.8 Å². The van der Waals surface area contributed by atoms with E-state index in [1.54, 1.807) is 36.4 Å². The molecule has 0 bridgehead atoms. The molecule has 2 nitrogen and oxygen atoms in total. The third-order valence-electron chi connectivity index (χ3n) is 2.84. The second-order valence-corrected chi connectivity index (χ2v) is 6.10. The standard InChI is InChI=1S/C15H11Cl4NO/c16-11-3-2-10(13(18)7-11)8-20-15(21)6-9-1-4-12(17)14(19)5-9/h1-5,7H,6,8H2,(H,20,21). The Morgan fingerprint density at radius 1 is 0.905 bits per heavy atom. The van der Waals surface area contributed by atoms with E-state index in [0.717, 1.165) is 11.1 Å². The second kappa shape index (κ2) is 7.37. The van der Waals surface area contributed by atoms with Crippen LogP contribution in [-0.4, -0.2) is 5.91 Å². The van der Waals surface area contributed by atoms with Crippen molar-refractivity contribution in [3.05, 3.63) is 67.6 Å². The van der Waals surface area contributed by atoms with Crippen molar-refractivity contribution in [2.45, 2.75) is 13.0 Å². The summed E-state index contributed by atoms with van der Waals surface area (Å²) in [6.07, 6.45) is 0.224. The van der Waals surface area contributed by atoms with Gasteiger partial charge in [-0.2, -0.15) is 0 Å². The molecule has 2 aromatic carbocycles. The van der Waals surface area contributed by atoms with E-state index in [1.807, 2.05) is 0 Å². The number of carbonyl (C=O) groups is 1. The molecule has 0 atom stereocenters. The van der Waals surface area contributed by atoms with Gasteiger partial charge in [0.1, 0.15) is 0 Å². The van der Waals surface area contributed by atoms with E-state index >= 15 is 0 Å². The SMILES string of the molecule is O=C(Cc1ccc(Cl)c(Cl)c1)NCc1ccc(Cl)cc1Cl. The molecular formula is C15H11Cl4NO. The maximum absolute atomic E-state index is 11.9. The van der Waals surface area contributed by atoms with Gasteiger partial charge >= 0.3 is 0 Å². The molecule has 6 heteroatoms. The fourth-order valence-electron chi connectivity index (χ4n) is 1.76. The summed E-state index contributed by atoms with van der Waals surface area (Å²) >= 11 is 23.6. The number of amides is 1. The highest BCUT2D eigenvalue weighted by atomic mass is 35.5. The summed E-state index contributed by atoms with van der Waals surface area (Å²) in [7, 11) is 0. The van der Waals surface area contributed by atoms with Crippen molar-refractivity contribution in [1.29, 1.82) is 0 Å². The summed E-state index contributed by atoms with van der Waals surface area (Å²) in [5.74, 6) is -0.126. The molecule has 0 unspecified atom stereocenters. The number of rotatable bonds is 4. The number of hydrogen-bond donors (Lipinski definition) is 1. The van der Waals surface area contributed by atoms with Crippen LogP contribution in [0, 0.1) is 0 Å². The molecule has 0 saturated heterocycles. The Morgan fingerprint density at radius 3 is 2.33 bits per heavy atom.